The summed E-state index contributed by atoms with van der Waals surface area (Å²) in [6, 6.07) is 0. The van der Waals surface area contributed by atoms with E-state index >= 15 is 0 Å². The number of carbonyl (C=O) groups is 2. The molecule has 0 bridgehead atoms. The second kappa shape index (κ2) is 8.60. The molecule has 2 amide bonds. The molecule has 2 fully saturated rings. The van der Waals surface area contributed by atoms with Crippen molar-refractivity contribution >= 4 is 23.6 Å². The number of amides is 2. The van der Waals surface area contributed by atoms with Crippen LogP contribution in [-0.2, 0) is 14.3 Å². The SMILES string of the molecule is O=C(CSCC(=O)N1CCOCC1)NCC1CCC(O)C1. The Balaban J connectivity index is 1.53. The summed E-state index contributed by atoms with van der Waals surface area (Å²) in [6.45, 7) is 3.13. The lowest BCUT2D eigenvalue weighted by molar-refractivity contribution is -0.132. The molecule has 1 saturated carbocycles. The van der Waals surface area contributed by atoms with E-state index in [-0.39, 0.29) is 17.9 Å². The Hall–Kier alpha value is -0.790. The summed E-state index contributed by atoms with van der Waals surface area (Å²) in [6.07, 6.45) is 2.39. The second-order valence-electron chi connectivity index (χ2n) is 5.62. The van der Waals surface area contributed by atoms with Gasteiger partial charge < -0.3 is 20.1 Å². The molecule has 0 aromatic carbocycles. The molecule has 0 spiro atoms. The number of carbonyl (C=O) groups excluding carboxylic acids is 2. The monoisotopic (exact) mass is 316 g/mol. The maximum absolute atomic E-state index is 11.9. The smallest absolute Gasteiger partial charge is 0.232 e. The summed E-state index contributed by atoms with van der Waals surface area (Å²) in [5, 5.41) is 12.3. The molecule has 21 heavy (non-hydrogen) atoms. The molecule has 0 aromatic heterocycles. The number of hydrogen-bond donors (Lipinski definition) is 2. The van der Waals surface area contributed by atoms with Gasteiger partial charge in [-0.3, -0.25) is 9.59 Å². The van der Waals surface area contributed by atoms with Crippen LogP contribution in [0, 0.1) is 5.92 Å². The quantitative estimate of drug-likeness (QED) is 0.713. The van der Waals surface area contributed by atoms with Crippen LogP contribution in [0.2, 0.25) is 0 Å². The van der Waals surface area contributed by atoms with Crippen LogP contribution in [0.15, 0.2) is 0 Å². The number of morpholine rings is 1. The van der Waals surface area contributed by atoms with Gasteiger partial charge in [-0.05, 0) is 25.2 Å². The van der Waals surface area contributed by atoms with E-state index < -0.39 is 0 Å². The van der Waals surface area contributed by atoms with Crippen molar-refractivity contribution in [1.29, 1.82) is 0 Å². The minimum absolute atomic E-state index is 0.0313. The van der Waals surface area contributed by atoms with E-state index in [1.54, 1.807) is 4.90 Å². The summed E-state index contributed by atoms with van der Waals surface area (Å²) in [5.41, 5.74) is 0. The fourth-order valence-corrected chi connectivity index (χ4v) is 3.42. The molecule has 2 aliphatic rings. The Bertz CT molecular complexity index is 361. The Morgan fingerprint density at radius 1 is 1.24 bits per heavy atom. The number of nitrogens with zero attached hydrogens (tertiary/aromatic N) is 1. The van der Waals surface area contributed by atoms with Crippen LogP contribution in [0.1, 0.15) is 19.3 Å². The van der Waals surface area contributed by atoms with Gasteiger partial charge in [0, 0.05) is 19.6 Å². The van der Waals surface area contributed by atoms with E-state index in [0.29, 0.717) is 50.3 Å². The molecule has 0 radical (unpaired) electrons. The summed E-state index contributed by atoms with van der Waals surface area (Å²) in [4.78, 5) is 25.4. The van der Waals surface area contributed by atoms with Gasteiger partial charge in [-0.2, -0.15) is 0 Å². The third-order valence-corrected chi connectivity index (χ3v) is 4.84. The van der Waals surface area contributed by atoms with Gasteiger partial charge in [0.2, 0.25) is 11.8 Å². The van der Waals surface area contributed by atoms with Gasteiger partial charge in [-0.25, -0.2) is 0 Å². The first-order valence-corrected chi connectivity index (χ1v) is 8.68. The van der Waals surface area contributed by atoms with Gasteiger partial charge in [0.1, 0.15) is 0 Å². The van der Waals surface area contributed by atoms with Crippen molar-refractivity contribution in [1.82, 2.24) is 10.2 Å². The van der Waals surface area contributed by atoms with E-state index in [1.165, 1.54) is 11.8 Å². The molecule has 1 saturated heterocycles. The van der Waals surface area contributed by atoms with Crippen molar-refractivity contribution in [2.75, 3.05) is 44.4 Å². The normalized spacial score (nSPS) is 25.9. The number of hydrogen-bond acceptors (Lipinski definition) is 5. The van der Waals surface area contributed by atoms with Gasteiger partial charge in [-0.15, -0.1) is 11.8 Å². The third kappa shape index (κ3) is 5.84. The molecule has 120 valence electrons. The topological polar surface area (TPSA) is 78.9 Å². The molecule has 1 aliphatic carbocycles. The predicted octanol–water partition coefficient (Wildman–Crippen LogP) is -0.144. The summed E-state index contributed by atoms with van der Waals surface area (Å²) in [7, 11) is 0. The predicted molar refractivity (Wildman–Crippen MR) is 81.1 cm³/mol. The lowest BCUT2D eigenvalue weighted by Crippen LogP contribution is -2.41. The zero-order valence-electron chi connectivity index (χ0n) is 12.3. The van der Waals surface area contributed by atoms with Crippen molar-refractivity contribution in [2.45, 2.75) is 25.4 Å². The second-order valence-corrected chi connectivity index (χ2v) is 6.61. The van der Waals surface area contributed by atoms with Crippen LogP contribution in [-0.4, -0.2) is 72.3 Å². The Morgan fingerprint density at radius 3 is 2.67 bits per heavy atom. The van der Waals surface area contributed by atoms with E-state index in [9.17, 15) is 14.7 Å². The molecule has 2 N–H and O–H groups in total. The first-order chi connectivity index (χ1) is 10.1. The maximum Gasteiger partial charge on any atom is 0.232 e. The highest BCUT2D eigenvalue weighted by molar-refractivity contribution is 8.00. The molecule has 2 rings (SSSR count). The number of rotatable bonds is 6. The van der Waals surface area contributed by atoms with Crippen LogP contribution in [0.5, 0.6) is 0 Å². The Morgan fingerprint density at radius 2 is 2.00 bits per heavy atom. The van der Waals surface area contributed by atoms with Crippen LogP contribution in [0.3, 0.4) is 0 Å². The third-order valence-electron chi connectivity index (χ3n) is 3.92. The maximum atomic E-state index is 11.9. The summed E-state index contributed by atoms with van der Waals surface area (Å²) >= 11 is 1.35. The van der Waals surface area contributed by atoms with Crippen LogP contribution in [0.4, 0.5) is 0 Å². The fourth-order valence-electron chi connectivity index (χ4n) is 2.68. The molecular weight excluding hydrogens is 292 g/mol. The average Bonchev–Trinajstić information content (AvgIpc) is 2.91. The molecule has 1 heterocycles. The van der Waals surface area contributed by atoms with Crippen LogP contribution < -0.4 is 5.32 Å². The Labute approximate surface area is 129 Å². The number of aliphatic hydroxyl groups is 1. The number of aliphatic hydroxyl groups excluding tert-OH is 1. The molecule has 6 nitrogen and oxygen atoms in total. The van der Waals surface area contributed by atoms with Gasteiger partial charge in [0.25, 0.3) is 0 Å². The number of ether oxygens (including phenoxy) is 1. The number of thioether (sulfide) groups is 1. The molecule has 7 heteroatoms. The van der Waals surface area contributed by atoms with Gasteiger partial charge in [0.15, 0.2) is 0 Å². The van der Waals surface area contributed by atoms with E-state index in [0.717, 1.165) is 19.3 Å². The van der Waals surface area contributed by atoms with Gasteiger partial charge in [0.05, 0.1) is 30.8 Å². The highest BCUT2D eigenvalue weighted by Gasteiger charge is 2.23. The van der Waals surface area contributed by atoms with Crippen molar-refractivity contribution in [3.05, 3.63) is 0 Å². The minimum atomic E-state index is -0.201. The first kappa shape index (κ1) is 16.6. The van der Waals surface area contributed by atoms with E-state index in [4.69, 9.17) is 4.74 Å². The van der Waals surface area contributed by atoms with Crippen molar-refractivity contribution in [3.63, 3.8) is 0 Å². The zero-order chi connectivity index (χ0) is 15.1. The van der Waals surface area contributed by atoms with Crippen LogP contribution >= 0.6 is 11.8 Å². The van der Waals surface area contributed by atoms with E-state index in [2.05, 4.69) is 5.32 Å². The molecule has 0 aromatic rings. The van der Waals surface area contributed by atoms with E-state index in [1.807, 2.05) is 0 Å². The zero-order valence-corrected chi connectivity index (χ0v) is 13.1. The minimum Gasteiger partial charge on any atom is -0.393 e. The molecule has 1 aliphatic heterocycles. The lowest BCUT2D eigenvalue weighted by Gasteiger charge is -2.26. The number of nitrogens with one attached hydrogen (secondary N) is 1. The largest absolute Gasteiger partial charge is 0.393 e. The van der Waals surface area contributed by atoms with Crippen LogP contribution in [0.25, 0.3) is 0 Å². The summed E-state index contributed by atoms with van der Waals surface area (Å²) < 4.78 is 5.20. The highest BCUT2D eigenvalue weighted by atomic mass is 32.2. The first-order valence-electron chi connectivity index (χ1n) is 7.53. The lowest BCUT2D eigenvalue weighted by atomic mass is 10.1. The fraction of sp³-hybridized carbons (Fsp3) is 0.857. The Kier molecular flexibility index (Phi) is 6.79. The molecular formula is C14H24N2O4S. The van der Waals surface area contributed by atoms with Gasteiger partial charge in [-0.1, -0.05) is 0 Å². The average molecular weight is 316 g/mol. The molecule has 2 unspecified atom stereocenters. The standard InChI is InChI=1S/C14H24N2O4S/c17-12-2-1-11(7-12)8-15-13(18)9-21-10-14(19)16-3-5-20-6-4-16/h11-12,17H,1-10H2,(H,15,18). The molecule has 2 atom stereocenters. The van der Waals surface area contributed by atoms with Gasteiger partial charge >= 0.3 is 0 Å². The van der Waals surface area contributed by atoms with Crippen molar-refractivity contribution in [2.24, 2.45) is 5.92 Å². The summed E-state index contributed by atoms with van der Waals surface area (Å²) in [5.74, 6) is 1.09. The van der Waals surface area contributed by atoms with Crippen molar-refractivity contribution in [3.8, 4) is 0 Å². The highest BCUT2D eigenvalue weighted by Crippen LogP contribution is 2.24. The van der Waals surface area contributed by atoms with Crippen molar-refractivity contribution < 1.29 is 19.4 Å².